The number of hydrogen-bond acceptors (Lipinski definition) is 6. The predicted octanol–water partition coefficient (Wildman–Crippen LogP) is 3.12. The van der Waals surface area contributed by atoms with E-state index in [1.54, 1.807) is 0 Å². The van der Waals surface area contributed by atoms with E-state index in [9.17, 15) is 0 Å². The molecule has 28 heavy (non-hydrogen) atoms. The third-order valence-corrected chi connectivity index (χ3v) is 6.16. The van der Waals surface area contributed by atoms with E-state index in [0.29, 0.717) is 0 Å². The molecule has 2 aliphatic rings. The zero-order valence-electron chi connectivity index (χ0n) is 17.2. The molecule has 1 saturated carbocycles. The van der Waals surface area contributed by atoms with E-state index in [0.717, 1.165) is 62.3 Å². The third-order valence-electron chi connectivity index (χ3n) is 6.16. The number of hydrogen-bond donors (Lipinski definition) is 1. The minimum atomic E-state index is 0.216. The molecule has 0 aromatic carbocycles. The third kappa shape index (κ3) is 4.20. The van der Waals surface area contributed by atoms with Gasteiger partial charge in [-0.15, -0.1) is 0 Å². The van der Waals surface area contributed by atoms with E-state index in [-0.39, 0.29) is 5.54 Å². The van der Waals surface area contributed by atoms with Gasteiger partial charge in [-0.3, -0.25) is 9.58 Å². The molecule has 1 aliphatic carbocycles. The van der Waals surface area contributed by atoms with E-state index in [1.165, 1.54) is 32.1 Å². The van der Waals surface area contributed by atoms with Gasteiger partial charge in [0.2, 0.25) is 0 Å². The highest BCUT2D eigenvalue weighted by Crippen LogP contribution is 2.34. The van der Waals surface area contributed by atoms with Gasteiger partial charge in [0.1, 0.15) is 11.6 Å². The summed E-state index contributed by atoms with van der Waals surface area (Å²) >= 11 is 0. The molecular formula is C21H32N6O. The molecule has 1 N–H and O–H groups in total. The van der Waals surface area contributed by atoms with Crippen molar-refractivity contribution >= 4 is 5.82 Å². The lowest BCUT2D eigenvalue weighted by molar-refractivity contribution is -0.0318. The van der Waals surface area contributed by atoms with Crippen molar-refractivity contribution in [3.8, 4) is 11.3 Å². The SMILES string of the molecule is CCn1cc(-c2cc(NCC3(N4CCOCC4)CCCCC3)nc(C)n2)cn1. The van der Waals surface area contributed by atoms with Crippen LogP contribution in [-0.2, 0) is 11.3 Å². The summed E-state index contributed by atoms with van der Waals surface area (Å²) in [6.07, 6.45) is 10.4. The minimum Gasteiger partial charge on any atom is -0.379 e. The maximum Gasteiger partial charge on any atom is 0.130 e. The topological polar surface area (TPSA) is 68.1 Å². The second-order valence-electron chi connectivity index (χ2n) is 8.01. The van der Waals surface area contributed by atoms with E-state index in [1.807, 2.05) is 24.0 Å². The Morgan fingerprint density at radius 2 is 1.93 bits per heavy atom. The van der Waals surface area contributed by atoms with E-state index < -0.39 is 0 Å². The van der Waals surface area contributed by atoms with Crippen LogP contribution in [0.3, 0.4) is 0 Å². The maximum absolute atomic E-state index is 5.60. The molecule has 0 spiro atoms. The molecule has 0 atom stereocenters. The molecular weight excluding hydrogens is 352 g/mol. The quantitative estimate of drug-likeness (QED) is 0.825. The van der Waals surface area contributed by atoms with Gasteiger partial charge in [-0.05, 0) is 26.7 Å². The first-order valence-corrected chi connectivity index (χ1v) is 10.6. The van der Waals surface area contributed by atoms with Crippen LogP contribution < -0.4 is 5.32 Å². The van der Waals surface area contributed by atoms with Crippen LogP contribution in [0.4, 0.5) is 5.82 Å². The fourth-order valence-corrected chi connectivity index (χ4v) is 4.58. The Hall–Kier alpha value is -1.99. The highest BCUT2D eigenvalue weighted by molar-refractivity contribution is 5.61. The van der Waals surface area contributed by atoms with Gasteiger partial charge >= 0.3 is 0 Å². The molecule has 7 nitrogen and oxygen atoms in total. The van der Waals surface area contributed by atoms with Crippen LogP contribution in [0.2, 0.25) is 0 Å². The second-order valence-corrected chi connectivity index (χ2v) is 8.01. The van der Waals surface area contributed by atoms with E-state index >= 15 is 0 Å². The van der Waals surface area contributed by atoms with E-state index in [2.05, 4.69) is 38.3 Å². The number of nitrogens with one attached hydrogen (secondary N) is 1. The van der Waals surface area contributed by atoms with Crippen molar-refractivity contribution in [1.29, 1.82) is 0 Å². The van der Waals surface area contributed by atoms with Crippen LogP contribution in [0.5, 0.6) is 0 Å². The summed E-state index contributed by atoms with van der Waals surface area (Å²) in [5.74, 6) is 1.69. The smallest absolute Gasteiger partial charge is 0.130 e. The zero-order chi connectivity index (χ0) is 19.4. The summed E-state index contributed by atoms with van der Waals surface area (Å²) in [4.78, 5) is 11.9. The highest BCUT2D eigenvalue weighted by Gasteiger charge is 2.38. The molecule has 7 heteroatoms. The fourth-order valence-electron chi connectivity index (χ4n) is 4.58. The Kier molecular flexibility index (Phi) is 5.92. The average Bonchev–Trinajstić information content (AvgIpc) is 3.23. The van der Waals surface area contributed by atoms with Crippen LogP contribution in [0.25, 0.3) is 11.3 Å². The summed E-state index contributed by atoms with van der Waals surface area (Å²) in [5.41, 5.74) is 2.18. The van der Waals surface area contributed by atoms with Crippen LogP contribution in [0, 0.1) is 6.92 Å². The number of anilines is 1. The van der Waals surface area contributed by atoms with Gasteiger partial charge in [0.15, 0.2) is 0 Å². The molecule has 3 heterocycles. The Bertz CT molecular complexity index is 777. The van der Waals surface area contributed by atoms with Crippen LogP contribution in [0.1, 0.15) is 44.9 Å². The fraction of sp³-hybridized carbons (Fsp3) is 0.667. The molecule has 0 unspecified atom stereocenters. The van der Waals surface area contributed by atoms with Crippen molar-refractivity contribution in [2.75, 3.05) is 38.2 Å². The lowest BCUT2D eigenvalue weighted by Gasteiger charge is -2.48. The molecule has 2 aromatic heterocycles. The van der Waals surface area contributed by atoms with Crippen LogP contribution in [0.15, 0.2) is 18.5 Å². The summed E-state index contributed by atoms with van der Waals surface area (Å²) < 4.78 is 7.53. The normalized spacial score (nSPS) is 20.2. The molecule has 1 saturated heterocycles. The summed E-state index contributed by atoms with van der Waals surface area (Å²) in [6.45, 7) is 9.59. The van der Waals surface area contributed by atoms with Crippen molar-refractivity contribution in [3.63, 3.8) is 0 Å². The number of ether oxygens (including phenoxy) is 1. The zero-order valence-corrected chi connectivity index (χ0v) is 17.2. The Balaban J connectivity index is 1.52. The molecule has 0 amide bonds. The molecule has 0 bridgehead atoms. The average molecular weight is 385 g/mol. The molecule has 0 radical (unpaired) electrons. The number of morpholine rings is 1. The van der Waals surface area contributed by atoms with Crippen LogP contribution in [-0.4, -0.2) is 63.0 Å². The number of nitrogens with zero attached hydrogens (tertiary/aromatic N) is 5. The van der Waals surface area contributed by atoms with Gasteiger partial charge in [-0.2, -0.15) is 5.10 Å². The van der Waals surface area contributed by atoms with Gasteiger partial charge in [0.25, 0.3) is 0 Å². The molecule has 152 valence electrons. The first kappa shape index (κ1) is 19.3. The molecule has 2 fully saturated rings. The molecule has 1 aliphatic heterocycles. The summed E-state index contributed by atoms with van der Waals surface area (Å²) in [5, 5.41) is 8.04. The van der Waals surface area contributed by atoms with Gasteiger partial charge < -0.3 is 10.1 Å². The lowest BCUT2D eigenvalue weighted by Crippen LogP contribution is -2.58. The Labute approximate surface area is 167 Å². The number of aryl methyl sites for hydroxylation is 2. The van der Waals surface area contributed by atoms with Crippen LogP contribution >= 0.6 is 0 Å². The Morgan fingerprint density at radius 3 is 2.64 bits per heavy atom. The highest BCUT2D eigenvalue weighted by atomic mass is 16.5. The summed E-state index contributed by atoms with van der Waals surface area (Å²) in [7, 11) is 0. The van der Waals surface area contributed by atoms with Gasteiger partial charge in [-0.25, -0.2) is 9.97 Å². The standard InChI is InChI=1S/C21H32N6O/c1-3-27-15-18(14-23-27)19-13-20(25-17(2)24-19)22-16-21(7-5-4-6-8-21)26-9-11-28-12-10-26/h13-15H,3-12,16H2,1-2H3,(H,22,24,25). The predicted molar refractivity (Wildman–Crippen MR) is 110 cm³/mol. The summed E-state index contributed by atoms with van der Waals surface area (Å²) in [6, 6.07) is 2.06. The first-order valence-electron chi connectivity index (χ1n) is 10.6. The van der Waals surface area contributed by atoms with Crippen molar-refractivity contribution < 1.29 is 4.74 Å². The van der Waals surface area contributed by atoms with Crippen molar-refractivity contribution in [2.45, 2.75) is 58.0 Å². The second kappa shape index (κ2) is 8.57. The van der Waals surface area contributed by atoms with E-state index in [4.69, 9.17) is 4.74 Å². The van der Waals surface area contributed by atoms with Gasteiger partial charge in [0.05, 0.1) is 25.1 Å². The molecule has 2 aromatic rings. The minimum absolute atomic E-state index is 0.216. The largest absolute Gasteiger partial charge is 0.379 e. The first-order chi connectivity index (χ1) is 13.7. The van der Waals surface area contributed by atoms with Crippen molar-refractivity contribution in [2.24, 2.45) is 0 Å². The number of aromatic nitrogens is 4. The van der Waals surface area contributed by atoms with Gasteiger partial charge in [0, 0.05) is 49.5 Å². The monoisotopic (exact) mass is 384 g/mol. The maximum atomic E-state index is 5.60. The van der Waals surface area contributed by atoms with Crippen molar-refractivity contribution in [1.82, 2.24) is 24.6 Å². The Morgan fingerprint density at radius 1 is 1.14 bits per heavy atom. The van der Waals surface area contributed by atoms with Gasteiger partial charge in [-0.1, -0.05) is 19.3 Å². The number of rotatable bonds is 6. The molecule has 4 rings (SSSR count). The van der Waals surface area contributed by atoms with Crippen molar-refractivity contribution in [3.05, 3.63) is 24.3 Å². The lowest BCUT2D eigenvalue weighted by atomic mass is 9.79.